The second-order valence-electron chi connectivity index (χ2n) is 5.14. The molecule has 24 heavy (non-hydrogen) atoms. The van der Waals surface area contributed by atoms with E-state index in [9.17, 15) is 9.59 Å². The first-order valence-electron chi connectivity index (χ1n) is 7.08. The van der Waals surface area contributed by atoms with Gasteiger partial charge in [-0.15, -0.1) is 0 Å². The summed E-state index contributed by atoms with van der Waals surface area (Å²) in [6.45, 7) is 1.81. The predicted molar refractivity (Wildman–Crippen MR) is 90.2 cm³/mol. The Morgan fingerprint density at radius 3 is 2.67 bits per heavy atom. The first-order valence-corrected chi connectivity index (χ1v) is 7.46. The summed E-state index contributed by atoms with van der Waals surface area (Å²) in [6, 6.07) is 10.9. The van der Waals surface area contributed by atoms with Crippen molar-refractivity contribution in [3.05, 3.63) is 69.0 Å². The zero-order valence-electron chi connectivity index (χ0n) is 13.0. The second-order valence-corrected chi connectivity index (χ2v) is 5.58. The van der Waals surface area contributed by atoms with E-state index in [-0.39, 0.29) is 11.3 Å². The lowest BCUT2D eigenvalue weighted by molar-refractivity contribution is 0.0731. The highest BCUT2D eigenvalue weighted by atomic mass is 35.5. The van der Waals surface area contributed by atoms with Crippen molar-refractivity contribution in [3.8, 4) is 11.5 Å². The highest BCUT2D eigenvalue weighted by Crippen LogP contribution is 2.26. The van der Waals surface area contributed by atoms with Gasteiger partial charge < -0.3 is 13.9 Å². The third-order valence-corrected chi connectivity index (χ3v) is 3.75. The molecule has 0 unspecified atom stereocenters. The Hall–Kier alpha value is -2.79. The molecule has 0 spiro atoms. The standard InChI is InChI=1S/C18H13ClO5/c1-10-7-17(20)24-16-9-12(4-5-13(10)16)23-18(21)14-8-11(19)3-6-15(14)22-2/h3-9H,1-2H3. The van der Waals surface area contributed by atoms with Gasteiger partial charge in [0.05, 0.1) is 7.11 Å². The van der Waals surface area contributed by atoms with E-state index in [1.807, 2.05) is 6.92 Å². The third-order valence-electron chi connectivity index (χ3n) is 3.51. The molecule has 0 saturated heterocycles. The molecule has 0 atom stereocenters. The number of hydrogen-bond acceptors (Lipinski definition) is 5. The molecule has 0 aliphatic rings. The lowest BCUT2D eigenvalue weighted by atomic mass is 10.1. The highest BCUT2D eigenvalue weighted by Gasteiger charge is 2.16. The number of carbonyl (C=O) groups is 1. The van der Waals surface area contributed by atoms with Gasteiger partial charge in [-0.2, -0.15) is 0 Å². The summed E-state index contributed by atoms with van der Waals surface area (Å²) in [5.41, 5.74) is 0.884. The molecule has 0 aliphatic carbocycles. The maximum atomic E-state index is 12.4. The molecule has 0 amide bonds. The molecule has 0 aliphatic heterocycles. The Kier molecular flexibility index (Phi) is 4.27. The van der Waals surface area contributed by atoms with Crippen molar-refractivity contribution in [3.63, 3.8) is 0 Å². The molecule has 0 fully saturated rings. The predicted octanol–water partition coefficient (Wildman–Crippen LogP) is 3.98. The molecule has 122 valence electrons. The molecule has 1 heterocycles. The SMILES string of the molecule is COc1ccc(Cl)cc1C(=O)Oc1ccc2c(C)cc(=O)oc2c1. The van der Waals surface area contributed by atoms with Crippen LogP contribution in [-0.4, -0.2) is 13.1 Å². The van der Waals surface area contributed by atoms with Crippen LogP contribution in [0.5, 0.6) is 11.5 Å². The van der Waals surface area contributed by atoms with Crippen LogP contribution in [0.3, 0.4) is 0 Å². The molecule has 2 aromatic carbocycles. The van der Waals surface area contributed by atoms with Crippen molar-refractivity contribution in [2.24, 2.45) is 0 Å². The molecule has 0 radical (unpaired) electrons. The average Bonchev–Trinajstić information content (AvgIpc) is 2.54. The second kappa shape index (κ2) is 6.37. The molecule has 6 heteroatoms. The van der Waals surface area contributed by atoms with Crippen molar-refractivity contribution in [2.75, 3.05) is 7.11 Å². The van der Waals surface area contributed by atoms with E-state index in [4.69, 9.17) is 25.5 Å². The van der Waals surface area contributed by atoms with Crippen LogP contribution < -0.4 is 15.1 Å². The Labute approximate surface area is 142 Å². The molecule has 3 aromatic rings. The van der Waals surface area contributed by atoms with Crippen LogP contribution in [0.2, 0.25) is 5.02 Å². The number of rotatable bonds is 3. The molecular weight excluding hydrogens is 332 g/mol. The number of ether oxygens (including phenoxy) is 2. The zero-order chi connectivity index (χ0) is 17.3. The molecule has 0 bridgehead atoms. The summed E-state index contributed by atoms with van der Waals surface area (Å²) in [6.07, 6.45) is 0. The van der Waals surface area contributed by atoms with Crippen LogP contribution in [0.4, 0.5) is 0 Å². The van der Waals surface area contributed by atoms with Crippen LogP contribution in [0.1, 0.15) is 15.9 Å². The van der Waals surface area contributed by atoms with E-state index in [1.54, 1.807) is 24.3 Å². The Balaban J connectivity index is 1.96. The minimum Gasteiger partial charge on any atom is -0.496 e. The summed E-state index contributed by atoms with van der Waals surface area (Å²) in [5, 5.41) is 1.16. The van der Waals surface area contributed by atoms with Crippen molar-refractivity contribution < 1.29 is 18.7 Å². The minimum atomic E-state index is -0.622. The Morgan fingerprint density at radius 2 is 1.92 bits per heavy atom. The van der Waals surface area contributed by atoms with Crippen molar-refractivity contribution in [1.29, 1.82) is 0 Å². The van der Waals surface area contributed by atoms with Crippen molar-refractivity contribution >= 4 is 28.5 Å². The molecule has 1 aromatic heterocycles. The molecule has 5 nitrogen and oxygen atoms in total. The summed E-state index contributed by atoms with van der Waals surface area (Å²) >= 11 is 5.92. The van der Waals surface area contributed by atoms with Gasteiger partial charge in [0.15, 0.2) is 0 Å². The van der Waals surface area contributed by atoms with Crippen LogP contribution in [0, 0.1) is 6.92 Å². The normalized spacial score (nSPS) is 10.6. The number of methoxy groups -OCH3 is 1. The summed E-state index contributed by atoms with van der Waals surface area (Å²) < 4.78 is 15.6. The van der Waals surface area contributed by atoms with Crippen molar-refractivity contribution in [1.82, 2.24) is 0 Å². The fourth-order valence-electron chi connectivity index (χ4n) is 2.37. The van der Waals surface area contributed by atoms with Crippen LogP contribution in [0.15, 0.2) is 51.7 Å². The third kappa shape index (κ3) is 3.12. The van der Waals surface area contributed by atoms with Gasteiger partial charge >= 0.3 is 11.6 Å². The fraction of sp³-hybridized carbons (Fsp3) is 0.111. The van der Waals surface area contributed by atoms with Gasteiger partial charge in [-0.05, 0) is 42.8 Å². The van der Waals surface area contributed by atoms with E-state index < -0.39 is 11.6 Å². The first kappa shape index (κ1) is 16.1. The maximum Gasteiger partial charge on any atom is 0.347 e. The lowest BCUT2D eigenvalue weighted by Gasteiger charge is -2.09. The Bertz CT molecular complexity index is 990. The van der Waals surface area contributed by atoms with E-state index in [2.05, 4.69) is 0 Å². The summed E-state index contributed by atoms with van der Waals surface area (Å²) in [4.78, 5) is 23.8. The Morgan fingerprint density at radius 1 is 1.12 bits per heavy atom. The van der Waals surface area contributed by atoms with Gasteiger partial charge in [0.2, 0.25) is 0 Å². The quantitative estimate of drug-likeness (QED) is 0.408. The fourth-order valence-corrected chi connectivity index (χ4v) is 2.54. The van der Waals surface area contributed by atoms with Crippen LogP contribution in [0.25, 0.3) is 11.0 Å². The number of hydrogen-bond donors (Lipinski definition) is 0. The number of aryl methyl sites for hydroxylation is 1. The zero-order valence-corrected chi connectivity index (χ0v) is 13.7. The summed E-state index contributed by atoms with van der Waals surface area (Å²) in [7, 11) is 1.45. The topological polar surface area (TPSA) is 65.7 Å². The van der Waals surface area contributed by atoms with Gasteiger partial charge in [0, 0.05) is 22.5 Å². The number of halogens is 1. The smallest absolute Gasteiger partial charge is 0.347 e. The lowest BCUT2D eigenvalue weighted by Crippen LogP contribution is -2.10. The molecular formula is C18H13ClO5. The number of carbonyl (C=O) groups excluding carboxylic acids is 1. The molecule has 0 saturated carbocycles. The van der Waals surface area contributed by atoms with Gasteiger partial charge in [0.25, 0.3) is 0 Å². The maximum absolute atomic E-state index is 12.4. The molecule has 0 N–H and O–H groups in total. The van der Waals surface area contributed by atoms with E-state index in [0.29, 0.717) is 16.4 Å². The van der Waals surface area contributed by atoms with E-state index >= 15 is 0 Å². The van der Waals surface area contributed by atoms with E-state index in [0.717, 1.165) is 10.9 Å². The van der Waals surface area contributed by atoms with Gasteiger partial charge in [-0.1, -0.05) is 11.6 Å². The van der Waals surface area contributed by atoms with Crippen LogP contribution in [-0.2, 0) is 0 Å². The van der Waals surface area contributed by atoms with Crippen molar-refractivity contribution in [2.45, 2.75) is 6.92 Å². The number of benzene rings is 2. The monoisotopic (exact) mass is 344 g/mol. The van der Waals surface area contributed by atoms with Gasteiger partial charge in [-0.25, -0.2) is 9.59 Å². The van der Waals surface area contributed by atoms with Crippen LogP contribution >= 0.6 is 11.6 Å². The largest absolute Gasteiger partial charge is 0.496 e. The first-order chi connectivity index (χ1) is 11.5. The minimum absolute atomic E-state index is 0.204. The number of fused-ring (bicyclic) bond motifs is 1. The number of esters is 1. The summed E-state index contributed by atoms with van der Waals surface area (Å²) in [5.74, 6) is -0.0143. The van der Waals surface area contributed by atoms with E-state index in [1.165, 1.54) is 25.3 Å². The highest BCUT2D eigenvalue weighted by molar-refractivity contribution is 6.31. The van der Waals surface area contributed by atoms with Gasteiger partial charge in [-0.3, -0.25) is 0 Å². The van der Waals surface area contributed by atoms with Gasteiger partial charge in [0.1, 0.15) is 22.6 Å². The molecule has 3 rings (SSSR count). The average molecular weight is 345 g/mol.